The van der Waals surface area contributed by atoms with Crippen molar-refractivity contribution in [1.82, 2.24) is 4.31 Å². The van der Waals surface area contributed by atoms with Gasteiger partial charge in [0.1, 0.15) is 16.5 Å². The number of carbonyl (C=O) groups is 1. The molecule has 1 aliphatic rings. The Morgan fingerprint density at radius 3 is 2.39 bits per heavy atom. The van der Waals surface area contributed by atoms with Crippen LogP contribution in [-0.4, -0.2) is 31.6 Å². The Bertz CT molecular complexity index is 578. The van der Waals surface area contributed by atoms with Gasteiger partial charge in [-0.05, 0) is 18.2 Å². The first kappa shape index (κ1) is 13.5. The summed E-state index contributed by atoms with van der Waals surface area (Å²) in [5.41, 5.74) is 0. The number of rotatable bonds is 2. The first-order valence-corrected chi connectivity index (χ1v) is 7.20. The zero-order valence-corrected chi connectivity index (χ0v) is 11.0. The molecule has 18 heavy (non-hydrogen) atoms. The summed E-state index contributed by atoms with van der Waals surface area (Å²) in [7, 11) is -3.89. The molecule has 1 fully saturated rings. The Kier molecular flexibility index (Phi) is 3.70. The van der Waals surface area contributed by atoms with Crippen LogP contribution in [0.2, 0.25) is 5.02 Å². The topological polar surface area (TPSA) is 54.5 Å². The van der Waals surface area contributed by atoms with Crippen molar-refractivity contribution in [2.45, 2.75) is 17.7 Å². The second-order valence-electron chi connectivity index (χ2n) is 4.02. The fraction of sp³-hybridized carbons (Fsp3) is 0.364. The molecular weight excluding hydrogens is 281 g/mol. The monoisotopic (exact) mass is 291 g/mol. The number of hydrogen-bond acceptors (Lipinski definition) is 3. The van der Waals surface area contributed by atoms with Crippen molar-refractivity contribution >= 4 is 27.4 Å². The molecule has 2 rings (SSSR count). The number of halogens is 2. The maximum absolute atomic E-state index is 13.6. The first-order chi connectivity index (χ1) is 8.41. The third-order valence-electron chi connectivity index (χ3n) is 2.79. The van der Waals surface area contributed by atoms with Crippen LogP contribution in [0.1, 0.15) is 12.8 Å². The fourth-order valence-electron chi connectivity index (χ4n) is 1.80. The van der Waals surface area contributed by atoms with Crippen molar-refractivity contribution < 1.29 is 17.6 Å². The molecule has 0 saturated carbocycles. The summed E-state index contributed by atoms with van der Waals surface area (Å²) < 4.78 is 39.1. The molecule has 0 atom stereocenters. The van der Waals surface area contributed by atoms with Gasteiger partial charge in [0.05, 0.1) is 0 Å². The van der Waals surface area contributed by atoms with E-state index in [1.54, 1.807) is 0 Å². The van der Waals surface area contributed by atoms with Gasteiger partial charge in [0.15, 0.2) is 0 Å². The minimum Gasteiger partial charge on any atom is -0.300 e. The van der Waals surface area contributed by atoms with Gasteiger partial charge in [-0.1, -0.05) is 11.6 Å². The summed E-state index contributed by atoms with van der Waals surface area (Å²) in [6.07, 6.45) is 0.350. The summed E-state index contributed by atoms with van der Waals surface area (Å²) in [4.78, 5) is 10.7. The van der Waals surface area contributed by atoms with E-state index in [1.165, 1.54) is 6.07 Å². The zero-order chi connectivity index (χ0) is 13.3. The smallest absolute Gasteiger partial charge is 0.246 e. The minimum absolute atomic E-state index is 0.0260. The van der Waals surface area contributed by atoms with Gasteiger partial charge in [0.2, 0.25) is 10.0 Å². The first-order valence-electron chi connectivity index (χ1n) is 5.38. The van der Waals surface area contributed by atoms with Crippen molar-refractivity contribution in [3.8, 4) is 0 Å². The minimum atomic E-state index is -3.89. The van der Waals surface area contributed by atoms with Crippen LogP contribution in [-0.2, 0) is 14.8 Å². The maximum atomic E-state index is 13.6. The van der Waals surface area contributed by atoms with Crippen LogP contribution in [0.25, 0.3) is 0 Å². The lowest BCUT2D eigenvalue weighted by molar-refractivity contribution is -0.120. The zero-order valence-electron chi connectivity index (χ0n) is 9.40. The molecule has 0 N–H and O–H groups in total. The van der Waals surface area contributed by atoms with Crippen molar-refractivity contribution in [2.24, 2.45) is 0 Å². The fourth-order valence-corrected chi connectivity index (χ4v) is 3.45. The van der Waals surface area contributed by atoms with Crippen LogP contribution < -0.4 is 0 Å². The van der Waals surface area contributed by atoms with Gasteiger partial charge in [-0.15, -0.1) is 0 Å². The number of hydrogen-bond donors (Lipinski definition) is 0. The molecule has 0 radical (unpaired) electrons. The average molecular weight is 292 g/mol. The number of sulfonamides is 1. The summed E-state index contributed by atoms with van der Waals surface area (Å²) in [6.45, 7) is 0.201. The van der Waals surface area contributed by atoms with E-state index in [4.69, 9.17) is 11.6 Å². The molecule has 1 heterocycles. The lowest BCUT2D eigenvalue weighted by Gasteiger charge is -2.25. The summed E-state index contributed by atoms with van der Waals surface area (Å²) in [5, 5.41) is 0.139. The molecule has 1 aromatic carbocycles. The van der Waals surface area contributed by atoms with E-state index in [0.29, 0.717) is 0 Å². The van der Waals surface area contributed by atoms with E-state index >= 15 is 0 Å². The SMILES string of the molecule is O=C1CCN(S(=O)(=O)c2ccc(Cl)cc2F)CC1. The summed E-state index contributed by atoms with van der Waals surface area (Å²) in [6, 6.07) is 3.43. The second kappa shape index (κ2) is 4.95. The normalized spacial score (nSPS) is 18.0. The van der Waals surface area contributed by atoms with Gasteiger partial charge in [-0.2, -0.15) is 4.31 Å². The Balaban J connectivity index is 2.33. The molecule has 1 aliphatic heterocycles. The highest BCUT2D eigenvalue weighted by atomic mass is 35.5. The van der Waals surface area contributed by atoms with Crippen molar-refractivity contribution in [2.75, 3.05) is 13.1 Å². The number of ketones is 1. The molecule has 4 nitrogen and oxygen atoms in total. The molecule has 1 aromatic rings. The molecule has 98 valence electrons. The highest BCUT2D eigenvalue weighted by molar-refractivity contribution is 7.89. The van der Waals surface area contributed by atoms with Crippen LogP contribution in [0.3, 0.4) is 0 Å². The van der Waals surface area contributed by atoms with Crippen LogP contribution >= 0.6 is 11.6 Å². The van der Waals surface area contributed by atoms with Crippen molar-refractivity contribution in [3.63, 3.8) is 0 Å². The van der Waals surface area contributed by atoms with Gasteiger partial charge < -0.3 is 0 Å². The molecule has 0 aliphatic carbocycles. The third kappa shape index (κ3) is 2.55. The van der Waals surface area contributed by atoms with E-state index in [0.717, 1.165) is 16.4 Å². The van der Waals surface area contributed by atoms with E-state index in [-0.39, 0.29) is 36.7 Å². The number of Topliss-reactive ketones (excluding diaryl/α,β-unsaturated/α-hetero) is 1. The standard InChI is InChI=1S/C11H11ClFNO3S/c12-8-1-2-11(10(13)7-8)18(16,17)14-5-3-9(15)4-6-14/h1-2,7H,3-6H2. The number of carbonyl (C=O) groups excluding carboxylic acids is 1. The number of nitrogens with zero attached hydrogens (tertiary/aromatic N) is 1. The largest absolute Gasteiger partial charge is 0.300 e. The van der Waals surface area contributed by atoms with Crippen LogP contribution in [0.5, 0.6) is 0 Å². The molecule has 7 heteroatoms. The molecule has 1 saturated heterocycles. The summed E-state index contributed by atoms with van der Waals surface area (Å²) >= 11 is 5.58. The van der Waals surface area contributed by atoms with Gasteiger partial charge in [-0.25, -0.2) is 12.8 Å². The molecule has 0 amide bonds. The molecular formula is C11H11ClFNO3S. The quantitative estimate of drug-likeness (QED) is 0.835. The Morgan fingerprint density at radius 1 is 1.22 bits per heavy atom. The Hall–Kier alpha value is -0.980. The van der Waals surface area contributed by atoms with Crippen molar-refractivity contribution in [1.29, 1.82) is 0 Å². The third-order valence-corrected chi connectivity index (χ3v) is 4.96. The van der Waals surface area contributed by atoms with E-state index < -0.39 is 20.7 Å². The number of piperidine rings is 1. The summed E-state index contributed by atoms with van der Waals surface area (Å²) in [5.74, 6) is -0.850. The van der Waals surface area contributed by atoms with Crippen LogP contribution in [0, 0.1) is 5.82 Å². The second-order valence-corrected chi connectivity index (χ2v) is 6.36. The van der Waals surface area contributed by atoms with E-state index in [9.17, 15) is 17.6 Å². The molecule has 0 unspecified atom stereocenters. The Morgan fingerprint density at radius 2 is 1.83 bits per heavy atom. The van der Waals surface area contributed by atoms with Crippen LogP contribution in [0.15, 0.2) is 23.1 Å². The maximum Gasteiger partial charge on any atom is 0.246 e. The van der Waals surface area contributed by atoms with Gasteiger partial charge in [-0.3, -0.25) is 4.79 Å². The molecule has 0 bridgehead atoms. The van der Waals surface area contributed by atoms with Gasteiger partial charge >= 0.3 is 0 Å². The van der Waals surface area contributed by atoms with Gasteiger partial charge in [0, 0.05) is 31.0 Å². The predicted molar refractivity (Wildman–Crippen MR) is 64.4 cm³/mol. The Labute approximate surface area is 109 Å². The highest BCUT2D eigenvalue weighted by Gasteiger charge is 2.30. The highest BCUT2D eigenvalue weighted by Crippen LogP contribution is 2.24. The number of benzene rings is 1. The molecule has 0 spiro atoms. The average Bonchev–Trinajstić information content (AvgIpc) is 2.29. The lowest BCUT2D eigenvalue weighted by Crippen LogP contribution is -2.38. The van der Waals surface area contributed by atoms with E-state index in [1.807, 2.05) is 0 Å². The van der Waals surface area contributed by atoms with Crippen LogP contribution in [0.4, 0.5) is 4.39 Å². The van der Waals surface area contributed by atoms with E-state index in [2.05, 4.69) is 0 Å². The van der Waals surface area contributed by atoms with Crippen molar-refractivity contribution in [3.05, 3.63) is 29.0 Å². The lowest BCUT2D eigenvalue weighted by atomic mass is 10.1. The predicted octanol–water partition coefficient (Wildman–Crippen LogP) is 1.83. The van der Waals surface area contributed by atoms with Gasteiger partial charge in [0.25, 0.3) is 0 Å². The molecule has 0 aromatic heterocycles.